The van der Waals surface area contributed by atoms with Gasteiger partial charge in [-0.15, -0.1) is 0 Å². The van der Waals surface area contributed by atoms with Crippen LogP contribution < -0.4 is 5.73 Å². The van der Waals surface area contributed by atoms with Gasteiger partial charge in [0.1, 0.15) is 0 Å². The van der Waals surface area contributed by atoms with E-state index in [0.717, 1.165) is 19.0 Å². The summed E-state index contributed by atoms with van der Waals surface area (Å²) in [6.07, 6.45) is 2.49. The van der Waals surface area contributed by atoms with Gasteiger partial charge in [0.25, 0.3) is 0 Å². The van der Waals surface area contributed by atoms with Crippen LogP contribution in [0.3, 0.4) is 0 Å². The van der Waals surface area contributed by atoms with E-state index in [2.05, 4.69) is 23.8 Å². The first-order valence-electron chi connectivity index (χ1n) is 5.28. The molecule has 0 bridgehead atoms. The molecule has 2 fully saturated rings. The van der Waals surface area contributed by atoms with E-state index < -0.39 is 0 Å². The first-order valence-corrected chi connectivity index (χ1v) is 5.28. The van der Waals surface area contributed by atoms with Gasteiger partial charge in [0, 0.05) is 31.2 Å². The Labute approximate surface area is 80.9 Å². The van der Waals surface area contributed by atoms with E-state index in [1.54, 1.807) is 0 Å². The van der Waals surface area contributed by atoms with Gasteiger partial charge in [-0.2, -0.15) is 0 Å². The van der Waals surface area contributed by atoms with Crippen LogP contribution in [0.5, 0.6) is 0 Å². The number of hydrogen-bond acceptors (Lipinski definition) is 3. The van der Waals surface area contributed by atoms with Crippen LogP contribution in [0.4, 0.5) is 0 Å². The second-order valence-corrected chi connectivity index (χ2v) is 5.08. The Kier molecular flexibility index (Phi) is 2.34. The first-order chi connectivity index (χ1) is 6.07. The molecule has 0 spiro atoms. The summed E-state index contributed by atoms with van der Waals surface area (Å²) in [4.78, 5) is 4.99. The lowest BCUT2D eigenvalue weighted by Gasteiger charge is -2.25. The smallest absolute Gasteiger partial charge is 0.0267 e. The predicted octanol–water partition coefficient (Wildman–Crippen LogP) is 0.114. The van der Waals surface area contributed by atoms with Gasteiger partial charge in [0.2, 0.25) is 0 Å². The Bertz CT molecular complexity index is 191. The molecule has 0 amide bonds. The highest BCUT2D eigenvalue weighted by Gasteiger charge is 2.35. The highest BCUT2D eigenvalue weighted by atomic mass is 15.3. The Morgan fingerprint density at radius 3 is 2.62 bits per heavy atom. The molecular formula is C10H21N3. The van der Waals surface area contributed by atoms with Crippen LogP contribution in [-0.4, -0.2) is 54.6 Å². The molecule has 0 radical (unpaired) electrons. The zero-order valence-corrected chi connectivity index (χ0v) is 8.79. The summed E-state index contributed by atoms with van der Waals surface area (Å²) in [6.45, 7) is 6.95. The number of rotatable bonds is 1. The molecule has 2 heterocycles. The Morgan fingerprint density at radius 2 is 2.15 bits per heavy atom. The normalized spacial score (nSPS) is 43.2. The van der Waals surface area contributed by atoms with Crippen molar-refractivity contribution < 1.29 is 0 Å². The van der Waals surface area contributed by atoms with Gasteiger partial charge in [-0.05, 0) is 33.4 Å². The number of hydrogen-bond donors (Lipinski definition) is 1. The summed E-state index contributed by atoms with van der Waals surface area (Å²) in [7, 11) is 2.21. The van der Waals surface area contributed by atoms with Gasteiger partial charge in [-0.25, -0.2) is 0 Å². The van der Waals surface area contributed by atoms with Gasteiger partial charge in [-0.3, -0.25) is 4.90 Å². The van der Waals surface area contributed by atoms with Crippen molar-refractivity contribution in [2.45, 2.75) is 31.3 Å². The van der Waals surface area contributed by atoms with E-state index in [1.807, 2.05) is 0 Å². The molecule has 2 aliphatic rings. The molecule has 2 aliphatic heterocycles. The van der Waals surface area contributed by atoms with E-state index >= 15 is 0 Å². The zero-order valence-electron chi connectivity index (χ0n) is 8.79. The van der Waals surface area contributed by atoms with E-state index in [1.165, 1.54) is 26.1 Å². The van der Waals surface area contributed by atoms with Gasteiger partial charge < -0.3 is 10.6 Å². The predicted molar refractivity (Wildman–Crippen MR) is 54.7 cm³/mol. The minimum Gasteiger partial charge on any atom is -0.324 e. The molecular weight excluding hydrogens is 162 g/mol. The van der Waals surface area contributed by atoms with Gasteiger partial charge in [0.15, 0.2) is 0 Å². The van der Waals surface area contributed by atoms with Crippen LogP contribution in [0.25, 0.3) is 0 Å². The topological polar surface area (TPSA) is 32.5 Å². The summed E-state index contributed by atoms with van der Waals surface area (Å²) in [5, 5.41) is 0. The Balaban J connectivity index is 1.89. The molecule has 0 aliphatic carbocycles. The minimum atomic E-state index is 0.0706. The number of likely N-dealkylation sites (N-methyl/N-ethyl adjacent to an activating group) is 1. The maximum absolute atomic E-state index is 6.12. The third-order valence-corrected chi connectivity index (χ3v) is 3.42. The minimum absolute atomic E-state index is 0.0706. The number of nitrogens with two attached hydrogens (primary N) is 1. The van der Waals surface area contributed by atoms with Crippen molar-refractivity contribution in [2.75, 3.05) is 33.2 Å². The number of likely N-dealkylation sites (tertiary alicyclic amines) is 2. The molecule has 3 nitrogen and oxygen atoms in total. The lowest BCUT2D eigenvalue weighted by atomic mass is 10.0. The van der Waals surface area contributed by atoms with Crippen LogP contribution in [0, 0.1) is 0 Å². The lowest BCUT2D eigenvalue weighted by molar-refractivity contribution is 0.231. The van der Waals surface area contributed by atoms with Crippen LogP contribution in [0.15, 0.2) is 0 Å². The Hall–Kier alpha value is -0.120. The average molecular weight is 183 g/mol. The van der Waals surface area contributed by atoms with Crippen molar-refractivity contribution in [3.63, 3.8) is 0 Å². The molecule has 2 saturated heterocycles. The third-order valence-electron chi connectivity index (χ3n) is 3.42. The van der Waals surface area contributed by atoms with Crippen molar-refractivity contribution in [3.05, 3.63) is 0 Å². The van der Waals surface area contributed by atoms with Gasteiger partial charge >= 0.3 is 0 Å². The third kappa shape index (κ3) is 2.03. The van der Waals surface area contributed by atoms with E-state index in [4.69, 9.17) is 5.73 Å². The van der Waals surface area contributed by atoms with Crippen molar-refractivity contribution in [1.82, 2.24) is 9.80 Å². The molecule has 2 unspecified atom stereocenters. The first kappa shape index (κ1) is 9.44. The quantitative estimate of drug-likeness (QED) is 0.626. The van der Waals surface area contributed by atoms with Crippen LogP contribution in [0.2, 0.25) is 0 Å². The highest BCUT2D eigenvalue weighted by Crippen LogP contribution is 2.23. The second-order valence-electron chi connectivity index (χ2n) is 5.08. The second kappa shape index (κ2) is 3.23. The van der Waals surface area contributed by atoms with Crippen LogP contribution >= 0.6 is 0 Å². The molecule has 76 valence electrons. The average Bonchev–Trinajstić information content (AvgIpc) is 2.56. The van der Waals surface area contributed by atoms with Gasteiger partial charge in [0.05, 0.1) is 0 Å². The molecule has 0 aromatic heterocycles. The fourth-order valence-electron chi connectivity index (χ4n) is 2.54. The standard InChI is InChI=1S/C10H21N3/c1-10(11)4-6-13(8-10)9-3-5-12(2)7-9/h9H,3-8,11H2,1-2H3. The SMILES string of the molecule is CN1CCC(N2CCC(C)(N)C2)C1. The molecule has 2 atom stereocenters. The molecule has 3 heteroatoms. The van der Waals surface area contributed by atoms with Crippen molar-refractivity contribution in [1.29, 1.82) is 0 Å². The zero-order chi connectivity index (χ0) is 9.47. The molecule has 0 aromatic carbocycles. The van der Waals surface area contributed by atoms with Crippen molar-refractivity contribution in [3.8, 4) is 0 Å². The molecule has 2 rings (SSSR count). The fraction of sp³-hybridized carbons (Fsp3) is 1.00. The molecule has 0 aromatic rings. The van der Waals surface area contributed by atoms with E-state index in [9.17, 15) is 0 Å². The van der Waals surface area contributed by atoms with Crippen molar-refractivity contribution >= 4 is 0 Å². The summed E-state index contributed by atoms with van der Waals surface area (Å²) in [5.74, 6) is 0. The monoisotopic (exact) mass is 183 g/mol. The summed E-state index contributed by atoms with van der Waals surface area (Å²) in [5.41, 5.74) is 6.19. The maximum Gasteiger partial charge on any atom is 0.0267 e. The van der Waals surface area contributed by atoms with Crippen LogP contribution in [0.1, 0.15) is 19.8 Å². The van der Waals surface area contributed by atoms with Crippen LogP contribution in [-0.2, 0) is 0 Å². The largest absolute Gasteiger partial charge is 0.324 e. The van der Waals surface area contributed by atoms with Gasteiger partial charge in [-0.1, -0.05) is 0 Å². The Morgan fingerprint density at radius 1 is 1.38 bits per heavy atom. The maximum atomic E-state index is 6.12. The molecule has 13 heavy (non-hydrogen) atoms. The molecule has 2 N–H and O–H groups in total. The summed E-state index contributed by atoms with van der Waals surface area (Å²) in [6, 6.07) is 0.773. The highest BCUT2D eigenvalue weighted by molar-refractivity contribution is 4.95. The van der Waals surface area contributed by atoms with E-state index in [-0.39, 0.29) is 5.54 Å². The lowest BCUT2D eigenvalue weighted by Crippen LogP contribution is -2.42. The summed E-state index contributed by atoms with van der Waals surface area (Å²) >= 11 is 0. The van der Waals surface area contributed by atoms with E-state index in [0.29, 0.717) is 0 Å². The summed E-state index contributed by atoms with van der Waals surface area (Å²) < 4.78 is 0. The molecule has 0 saturated carbocycles. The fourth-order valence-corrected chi connectivity index (χ4v) is 2.54. The van der Waals surface area contributed by atoms with Crippen molar-refractivity contribution in [2.24, 2.45) is 5.73 Å². The number of nitrogens with zero attached hydrogens (tertiary/aromatic N) is 2.